The molecule has 0 spiro atoms. The molecule has 0 unspecified atom stereocenters. The number of nitrogens with two attached hydrogens (primary N) is 1. The van der Waals surface area contributed by atoms with Crippen LogP contribution in [0.1, 0.15) is 26.7 Å². The van der Waals surface area contributed by atoms with E-state index in [2.05, 4.69) is 29.2 Å². The molecule has 0 aliphatic rings. The molecule has 0 aliphatic carbocycles. The molecule has 0 atom stereocenters. The minimum atomic E-state index is -0.339. The molecule has 0 fully saturated rings. The van der Waals surface area contributed by atoms with Crippen molar-refractivity contribution in [2.75, 3.05) is 11.9 Å². The van der Waals surface area contributed by atoms with Crippen molar-refractivity contribution in [2.24, 2.45) is 5.73 Å². The third kappa shape index (κ3) is 2.59. The van der Waals surface area contributed by atoms with Crippen molar-refractivity contribution in [3.63, 3.8) is 0 Å². The van der Waals surface area contributed by atoms with Gasteiger partial charge in [0.2, 0.25) is 5.95 Å². The maximum absolute atomic E-state index is 13.0. The van der Waals surface area contributed by atoms with Crippen molar-refractivity contribution in [1.82, 2.24) is 14.6 Å². The highest BCUT2D eigenvalue weighted by Gasteiger charge is 2.20. The van der Waals surface area contributed by atoms with Crippen LogP contribution in [0.25, 0.3) is 5.65 Å². The summed E-state index contributed by atoms with van der Waals surface area (Å²) < 4.78 is 14.4. The zero-order valence-corrected chi connectivity index (χ0v) is 10.7. The van der Waals surface area contributed by atoms with E-state index in [4.69, 9.17) is 5.73 Å². The largest absolute Gasteiger partial charge is 0.351 e. The topological polar surface area (TPSA) is 68.2 Å². The molecule has 0 bridgehead atoms. The summed E-state index contributed by atoms with van der Waals surface area (Å²) >= 11 is 0. The van der Waals surface area contributed by atoms with Gasteiger partial charge in [-0.15, -0.1) is 5.10 Å². The Hall–Kier alpha value is -1.69. The van der Waals surface area contributed by atoms with Gasteiger partial charge in [-0.05, 0) is 25.0 Å². The van der Waals surface area contributed by atoms with Crippen molar-refractivity contribution in [2.45, 2.75) is 32.2 Å². The van der Waals surface area contributed by atoms with Gasteiger partial charge >= 0.3 is 0 Å². The first-order chi connectivity index (χ1) is 8.56. The molecule has 0 aliphatic heterocycles. The van der Waals surface area contributed by atoms with E-state index in [-0.39, 0.29) is 11.4 Å². The minimum Gasteiger partial charge on any atom is -0.351 e. The van der Waals surface area contributed by atoms with Gasteiger partial charge in [0.05, 0.1) is 6.20 Å². The van der Waals surface area contributed by atoms with Crippen molar-refractivity contribution in [1.29, 1.82) is 0 Å². The molecule has 0 saturated heterocycles. The summed E-state index contributed by atoms with van der Waals surface area (Å²) in [6, 6.07) is 2.95. The number of hydrogen-bond acceptors (Lipinski definition) is 4. The van der Waals surface area contributed by atoms with Crippen LogP contribution in [-0.4, -0.2) is 26.7 Å². The van der Waals surface area contributed by atoms with Crippen LogP contribution in [0.3, 0.4) is 0 Å². The highest BCUT2D eigenvalue weighted by molar-refractivity contribution is 5.43. The second-order valence-electron chi connectivity index (χ2n) is 4.51. The Bertz CT molecular complexity index is 532. The van der Waals surface area contributed by atoms with Gasteiger partial charge in [-0.3, -0.25) is 0 Å². The smallest absolute Gasteiger partial charge is 0.243 e. The normalized spacial score (nSPS) is 12.0. The molecule has 2 rings (SSSR count). The summed E-state index contributed by atoms with van der Waals surface area (Å²) in [6.07, 6.45) is 3.04. The second-order valence-corrected chi connectivity index (χ2v) is 4.51. The number of rotatable bonds is 5. The van der Waals surface area contributed by atoms with E-state index in [1.54, 1.807) is 6.07 Å². The van der Waals surface area contributed by atoms with Crippen LogP contribution in [0.4, 0.5) is 10.3 Å². The number of nitrogens with one attached hydrogen (secondary N) is 1. The molecule has 18 heavy (non-hydrogen) atoms. The summed E-state index contributed by atoms with van der Waals surface area (Å²) in [5, 5.41) is 7.25. The lowest BCUT2D eigenvalue weighted by Crippen LogP contribution is -2.45. The zero-order chi connectivity index (χ0) is 13.2. The molecule has 98 valence electrons. The minimum absolute atomic E-state index is 0.261. The van der Waals surface area contributed by atoms with Crippen LogP contribution in [0.2, 0.25) is 0 Å². The van der Waals surface area contributed by atoms with Gasteiger partial charge in [-0.2, -0.15) is 4.98 Å². The molecule has 5 nitrogen and oxygen atoms in total. The van der Waals surface area contributed by atoms with Gasteiger partial charge in [-0.25, -0.2) is 8.91 Å². The van der Waals surface area contributed by atoms with Crippen LogP contribution < -0.4 is 11.1 Å². The molecular formula is C12H18FN5. The van der Waals surface area contributed by atoms with E-state index in [1.807, 2.05) is 0 Å². The molecule has 0 saturated carbocycles. The molecule has 3 N–H and O–H groups in total. The monoisotopic (exact) mass is 251 g/mol. The van der Waals surface area contributed by atoms with Crippen LogP contribution in [-0.2, 0) is 0 Å². The second kappa shape index (κ2) is 4.89. The molecule has 0 aromatic carbocycles. The summed E-state index contributed by atoms with van der Waals surface area (Å²) in [5.74, 6) is 0.131. The molecule has 0 amide bonds. The standard InChI is InChI=1S/C12H18FN5/c1-3-12(14,4-2)8-15-11-16-10-6-5-9(13)7-18(10)17-11/h5-7H,3-4,8,14H2,1-2H3,(H,15,17). The Morgan fingerprint density at radius 2 is 2.11 bits per heavy atom. The first-order valence-electron chi connectivity index (χ1n) is 6.11. The van der Waals surface area contributed by atoms with Gasteiger partial charge < -0.3 is 11.1 Å². The van der Waals surface area contributed by atoms with Crippen molar-refractivity contribution in [3.05, 3.63) is 24.1 Å². The fourth-order valence-electron chi connectivity index (χ4n) is 1.69. The van der Waals surface area contributed by atoms with Crippen LogP contribution >= 0.6 is 0 Å². The highest BCUT2D eigenvalue weighted by atomic mass is 19.1. The Morgan fingerprint density at radius 1 is 1.39 bits per heavy atom. The Morgan fingerprint density at radius 3 is 2.78 bits per heavy atom. The summed E-state index contributed by atoms with van der Waals surface area (Å²) in [6.45, 7) is 4.70. The third-order valence-corrected chi connectivity index (χ3v) is 3.30. The van der Waals surface area contributed by atoms with Gasteiger partial charge in [0.25, 0.3) is 0 Å². The number of halogens is 1. The Balaban J connectivity index is 2.13. The van der Waals surface area contributed by atoms with Crippen molar-refractivity contribution >= 4 is 11.6 Å². The Labute approximate surface area is 105 Å². The molecule has 2 heterocycles. The van der Waals surface area contributed by atoms with E-state index >= 15 is 0 Å². The maximum Gasteiger partial charge on any atom is 0.243 e. The van der Waals surface area contributed by atoms with Crippen LogP contribution in [0, 0.1) is 5.82 Å². The molecular weight excluding hydrogens is 233 g/mol. The fourth-order valence-corrected chi connectivity index (χ4v) is 1.69. The zero-order valence-electron chi connectivity index (χ0n) is 10.7. The third-order valence-electron chi connectivity index (χ3n) is 3.30. The van der Waals surface area contributed by atoms with E-state index in [0.717, 1.165) is 12.8 Å². The molecule has 2 aromatic heterocycles. The quantitative estimate of drug-likeness (QED) is 0.850. The van der Waals surface area contributed by atoms with Gasteiger partial charge in [0.1, 0.15) is 5.82 Å². The summed E-state index contributed by atoms with van der Waals surface area (Å²) in [4.78, 5) is 4.24. The maximum atomic E-state index is 13.0. The number of pyridine rings is 1. The molecule has 2 aromatic rings. The number of hydrogen-bond donors (Lipinski definition) is 2. The lowest BCUT2D eigenvalue weighted by Gasteiger charge is -2.26. The highest BCUT2D eigenvalue weighted by Crippen LogP contribution is 2.13. The lowest BCUT2D eigenvalue weighted by atomic mass is 9.94. The first-order valence-corrected chi connectivity index (χ1v) is 6.11. The predicted octanol–water partition coefficient (Wildman–Crippen LogP) is 1.80. The van der Waals surface area contributed by atoms with Crippen molar-refractivity contribution < 1.29 is 4.39 Å². The average molecular weight is 251 g/mol. The molecule has 0 radical (unpaired) electrons. The van der Waals surface area contributed by atoms with Gasteiger partial charge in [-0.1, -0.05) is 13.8 Å². The number of anilines is 1. The van der Waals surface area contributed by atoms with E-state index < -0.39 is 0 Å². The van der Waals surface area contributed by atoms with E-state index in [1.165, 1.54) is 16.8 Å². The van der Waals surface area contributed by atoms with Gasteiger partial charge in [0.15, 0.2) is 5.65 Å². The Kier molecular flexibility index (Phi) is 3.47. The SMILES string of the molecule is CCC(N)(CC)CNc1nc2ccc(F)cn2n1. The van der Waals surface area contributed by atoms with E-state index in [0.29, 0.717) is 18.1 Å². The number of nitrogens with zero attached hydrogens (tertiary/aromatic N) is 3. The van der Waals surface area contributed by atoms with Crippen LogP contribution in [0.15, 0.2) is 18.3 Å². The number of fused-ring (bicyclic) bond motifs is 1. The molecule has 6 heteroatoms. The summed E-state index contributed by atoms with van der Waals surface area (Å²) in [5.41, 5.74) is 6.52. The van der Waals surface area contributed by atoms with E-state index in [9.17, 15) is 4.39 Å². The number of aromatic nitrogens is 3. The summed E-state index contributed by atoms with van der Waals surface area (Å²) in [7, 11) is 0. The lowest BCUT2D eigenvalue weighted by molar-refractivity contribution is 0.417. The fraction of sp³-hybridized carbons (Fsp3) is 0.500. The first kappa shape index (κ1) is 12.8. The predicted molar refractivity (Wildman–Crippen MR) is 68.9 cm³/mol. The van der Waals surface area contributed by atoms with Crippen molar-refractivity contribution in [3.8, 4) is 0 Å². The van der Waals surface area contributed by atoms with Gasteiger partial charge in [0, 0.05) is 12.1 Å². The van der Waals surface area contributed by atoms with Crippen LogP contribution in [0.5, 0.6) is 0 Å². The average Bonchev–Trinajstić information content (AvgIpc) is 2.78.